The molecule has 1 aliphatic rings. The average molecular weight is 326 g/mol. The van der Waals surface area contributed by atoms with Crippen molar-refractivity contribution in [1.82, 2.24) is 0 Å². The Morgan fingerprint density at radius 2 is 2.00 bits per heavy atom. The third kappa shape index (κ3) is 3.60. The van der Waals surface area contributed by atoms with Gasteiger partial charge < -0.3 is 14.6 Å². The Kier molecular flexibility index (Phi) is 4.86. The zero-order valence-electron chi connectivity index (χ0n) is 13.9. The van der Waals surface area contributed by atoms with E-state index in [2.05, 4.69) is 12.1 Å². The summed E-state index contributed by atoms with van der Waals surface area (Å²) in [6, 6.07) is 15.2. The van der Waals surface area contributed by atoms with Gasteiger partial charge in [-0.2, -0.15) is 0 Å². The summed E-state index contributed by atoms with van der Waals surface area (Å²) in [4.78, 5) is 11.7. The van der Waals surface area contributed by atoms with Gasteiger partial charge in [0.05, 0.1) is 18.6 Å². The minimum Gasteiger partial charge on any atom is -0.493 e. The smallest absolute Gasteiger partial charge is 0.313 e. The fourth-order valence-electron chi connectivity index (χ4n) is 2.81. The molecule has 126 valence electrons. The Bertz CT molecular complexity index is 709. The fourth-order valence-corrected chi connectivity index (χ4v) is 2.81. The normalized spacial score (nSPS) is 19.5. The number of esters is 1. The van der Waals surface area contributed by atoms with Crippen molar-refractivity contribution < 1.29 is 19.4 Å². The number of carbonyl (C=O) groups excluding carboxylic acids is 1. The predicted molar refractivity (Wildman–Crippen MR) is 91.0 cm³/mol. The maximum atomic E-state index is 11.7. The Morgan fingerprint density at radius 3 is 2.71 bits per heavy atom. The molecule has 0 spiro atoms. The molecule has 0 bridgehead atoms. The first-order chi connectivity index (χ1) is 11.5. The molecule has 0 amide bonds. The van der Waals surface area contributed by atoms with Gasteiger partial charge in [-0.25, -0.2) is 0 Å². The van der Waals surface area contributed by atoms with E-state index in [-0.39, 0.29) is 17.8 Å². The average Bonchev–Trinajstić information content (AvgIpc) is 2.58. The molecule has 1 N–H and O–H groups in total. The Morgan fingerprint density at radius 1 is 1.25 bits per heavy atom. The van der Waals surface area contributed by atoms with E-state index >= 15 is 0 Å². The van der Waals surface area contributed by atoms with Gasteiger partial charge in [0.2, 0.25) is 0 Å². The van der Waals surface area contributed by atoms with E-state index in [1.807, 2.05) is 18.2 Å². The molecule has 24 heavy (non-hydrogen) atoms. The molecule has 0 radical (unpaired) electrons. The monoisotopic (exact) mass is 326 g/mol. The second-order valence-electron chi connectivity index (χ2n) is 6.48. The molecular formula is C20H22O4. The highest BCUT2D eigenvalue weighted by Gasteiger charge is 2.30. The van der Waals surface area contributed by atoms with Crippen molar-refractivity contribution in [2.45, 2.75) is 26.4 Å². The summed E-state index contributed by atoms with van der Waals surface area (Å²) in [5.74, 6) is 0.557. The molecule has 4 heteroatoms. The van der Waals surface area contributed by atoms with E-state index in [1.165, 1.54) is 5.56 Å². The fraction of sp³-hybridized carbons (Fsp3) is 0.350. The first-order valence-corrected chi connectivity index (χ1v) is 8.25. The quantitative estimate of drug-likeness (QED) is 0.690. The van der Waals surface area contributed by atoms with Crippen LogP contribution in [0, 0.1) is 11.8 Å². The lowest BCUT2D eigenvalue weighted by Crippen LogP contribution is -2.27. The van der Waals surface area contributed by atoms with Crippen LogP contribution >= 0.6 is 0 Å². The largest absolute Gasteiger partial charge is 0.493 e. The van der Waals surface area contributed by atoms with Gasteiger partial charge in [-0.15, -0.1) is 0 Å². The highest BCUT2D eigenvalue weighted by atomic mass is 16.5. The summed E-state index contributed by atoms with van der Waals surface area (Å²) in [6.07, 6.45) is 0.162. The van der Waals surface area contributed by atoms with Crippen molar-refractivity contribution in [3.05, 3.63) is 59.7 Å². The molecule has 0 saturated heterocycles. The molecule has 2 aromatic rings. The molecule has 3 rings (SSSR count). The van der Waals surface area contributed by atoms with Crippen LogP contribution in [0.3, 0.4) is 0 Å². The van der Waals surface area contributed by atoms with Crippen LogP contribution in [0.5, 0.6) is 11.5 Å². The van der Waals surface area contributed by atoms with Gasteiger partial charge in [-0.05, 0) is 24.1 Å². The summed E-state index contributed by atoms with van der Waals surface area (Å²) in [5.41, 5.74) is 1.92. The zero-order chi connectivity index (χ0) is 17.1. The molecule has 0 saturated carbocycles. The Hall–Kier alpha value is -2.33. The number of rotatable bonds is 4. The molecular weight excluding hydrogens is 304 g/mol. The molecule has 0 aliphatic carbocycles. The van der Waals surface area contributed by atoms with Crippen LogP contribution in [0.4, 0.5) is 0 Å². The van der Waals surface area contributed by atoms with Crippen molar-refractivity contribution in [2.24, 2.45) is 11.8 Å². The van der Waals surface area contributed by atoms with Gasteiger partial charge in [0.1, 0.15) is 11.5 Å². The van der Waals surface area contributed by atoms with Crippen LogP contribution in [0.1, 0.15) is 31.1 Å². The van der Waals surface area contributed by atoms with Gasteiger partial charge in [-0.1, -0.05) is 44.2 Å². The van der Waals surface area contributed by atoms with Crippen LogP contribution in [0.15, 0.2) is 48.5 Å². The van der Waals surface area contributed by atoms with Crippen LogP contribution in [0.25, 0.3) is 0 Å². The van der Waals surface area contributed by atoms with E-state index < -0.39 is 6.10 Å². The lowest BCUT2D eigenvalue weighted by atomic mass is 9.88. The number of aliphatic hydroxyl groups is 1. The van der Waals surface area contributed by atoms with Gasteiger partial charge >= 0.3 is 5.97 Å². The topological polar surface area (TPSA) is 55.8 Å². The Labute approximate surface area is 142 Å². The molecule has 1 heterocycles. The van der Waals surface area contributed by atoms with E-state index in [0.29, 0.717) is 18.1 Å². The number of fused-ring (bicyclic) bond motifs is 1. The summed E-state index contributed by atoms with van der Waals surface area (Å²) >= 11 is 0. The molecule has 1 aliphatic heterocycles. The number of hydrogen-bond acceptors (Lipinski definition) is 4. The number of hydrogen-bond donors (Lipinski definition) is 1. The predicted octanol–water partition coefficient (Wildman–Crippen LogP) is 3.53. The maximum absolute atomic E-state index is 11.7. The standard InChI is InChI=1S/C20H22O4/c1-13(2)20(22)24-16-8-9-17-18(11-16)23-12-15(19(17)21)10-14-6-4-3-5-7-14/h3-9,11,13,15,19,21H,10,12H2,1-2H3/t15-,19+/m1/s1. The molecule has 0 fully saturated rings. The first-order valence-electron chi connectivity index (χ1n) is 8.25. The lowest BCUT2D eigenvalue weighted by Gasteiger charge is -2.30. The van der Waals surface area contributed by atoms with Crippen LogP contribution in [-0.2, 0) is 11.2 Å². The summed E-state index contributed by atoms with van der Waals surface area (Å²) in [5, 5.41) is 10.7. The highest BCUT2D eigenvalue weighted by molar-refractivity contribution is 5.74. The summed E-state index contributed by atoms with van der Waals surface area (Å²) < 4.78 is 11.1. The van der Waals surface area contributed by atoms with Crippen LogP contribution in [-0.4, -0.2) is 17.7 Å². The van der Waals surface area contributed by atoms with Crippen LogP contribution in [0.2, 0.25) is 0 Å². The number of carbonyl (C=O) groups is 1. The number of benzene rings is 2. The minimum absolute atomic E-state index is 0.00367. The van der Waals surface area contributed by atoms with Crippen molar-refractivity contribution in [3.8, 4) is 11.5 Å². The summed E-state index contributed by atoms with van der Waals surface area (Å²) in [7, 11) is 0. The minimum atomic E-state index is -0.594. The zero-order valence-corrected chi connectivity index (χ0v) is 13.9. The number of aliphatic hydroxyl groups excluding tert-OH is 1. The molecule has 2 aromatic carbocycles. The maximum Gasteiger partial charge on any atom is 0.313 e. The molecule has 2 atom stereocenters. The van der Waals surface area contributed by atoms with Crippen molar-refractivity contribution in [1.29, 1.82) is 0 Å². The van der Waals surface area contributed by atoms with Crippen LogP contribution < -0.4 is 9.47 Å². The molecule has 0 aromatic heterocycles. The van der Waals surface area contributed by atoms with E-state index in [9.17, 15) is 9.90 Å². The van der Waals surface area contributed by atoms with E-state index in [4.69, 9.17) is 9.47 Å². The second kappa shape index (κ2) is 7.05. The first kappa shape index (κ1) is 16.5. The third-order valence-electron chi connectivity index (χ3n) is 4.23. The third-order valence-corrected chi connectivity index (χ3v) is 4.23. The van der Waals surface area contributed by atoms with Gasteiger partial charge in [0, 0.05) is 17.5 Å². The number of ether oxygens (including phenoxy) is 2. The van der Waals surface area contributed by atoms with Gasteiger partial charge in [-0.3, -0.25) is 4.79 Å². The van der Waals surface area contributed by atoms with E-state index in [1.54, 1.807) is 32.0 Å². The van der Waals surface area contributed by atoms with Gasteiger partial charge in [0.15, 0.2) is 0 Å². The van der Waals surface area contributed by atoms with Crippen molar-refractivity contribution in [2.75, 3.05) is 6.61 Å². The Balaban J connectivity index is 1.74. The summed E-state index contributed by atoms with van der Waals surface area (Å²) in [6.45, 7) is 4.01. The van der Waals surface area contributed by atoms with Gasteiger partial charge in [0.25, 0.3) is 0 Å². The highest BCUT2D eigenvalue weighted by Crippen LogP contribution is 2.38. The molecule has 4 nitrogen and oxygen atoms in total. The van der Waals surface area contributed by atoms with Crippen molar-refractivity contribution in [3.63, 3.8) is 0 Å². The van der Waals surface area contributed by atoms with E-state index in [0.717, 1.165) is 12.0 Å². The lowest BCUT2D eigenvalue weighted by molar-refractivity contribution is -0.137. The molecule has 0 unspecified atom stereocenters. The SMILES string of the molecule is CC(C)C(=O)Oc1ccc2c(c1)OC[C@@H](Cc1ccccc1)[C@@H]2O. The second-order valence-corrected chi connectivity index (χ2v) is 6.48. The van der Waals surface area contributed by atoms with Crippen molar-refractivity contribution >= 4 is 5.97 Å².